The highest BCUT2D eigenvalue weighted by Gasteiger charge is 2.24. The number of phosphoric acid groups is 1. The van der Waals surface area contributed by atoms with Gasteiger partial charge in [-0.05, 0) is 48.5 Å². The average molecular weight is 469 g/mol. The third kappa shape index (κ3) is 8.95. The average Bonchev–Trinajstić information content (AvgIpc) is 2.80. The SMILES string of the molecule is O=P(O)(Oc1ccccc1)Oc1ccccc1.c1ccc(SSc2ccccc2)cc1. The summed E-state index contributed by atoms with van der Waals surface area (Å²) in [7, 11) is -0.556. The van der Waals surface area contributed by atoms with Gasteiger partial charge in [0.25, 0.3) is 0 Å². The van der Waals surface area contributed by atoms with E-state index in [0.717, 1.165) is 0 Å². The van der Waals surface area contributed by atoms with Gasteiger partial charge in [-0.3, -0.25) is 4.89 Å². The van der Waals surface area contributed by atoms with Crippen molar-refractivity contribution in [2.24, 2.45) is 0 Å². The number of benzene rings is 4. The standard InChI is InChI=1S/C12H11O4P.C12H10S2/c13-17(14,15-11-7-3-1-4-8-11)16-12-9-5-2-6-10-12;1-3-7-11(8-4-1)13-14-12-9-5-2-6-10-12/h1-10H,(H,13,14);1-10H. The van der Waals surface area contributed by atoms with Crippen LogP contribution in [0.3, 0.4) is 0 Å². The molecule has 4 nitrogen and oxygen atoms in total. The van der Waals surface area contributed by atoms with Crippen LogP contribution in [-0.4, -0.2) is 4.89 Å². The van der Waals surface area contributed by atoms with Gasteiger partial charge in [-0.2, -0.15) is 0 Å². The Morgan fingerprint density at radius 3 is 1.13 bits per heavy atom. The van der Waals surface area contributed by atoms with Crippen LogP contribution >= 0.6 is 29.4 Å². The lowest BCUT2D eigenvalue weighted by Gasteiger charge is -2.13. The normalized spacial score (nSPS) is 10.5. The lowest BCUT2D eigenvalue weighted by molar-refractivity contribution is 0.291. The Kier molecular flexibility index (Phi) is 9.13. The highest BCUT2D eigenvalue weighted by Crippen LogP contribution is 2.44. The topological polar surface area (TPSA) is 55.8 Å². The highest BCUT2D eigenvalue weighted by atomic mass is 33.1. The quantitative estimate of drug-likeness (QED) is 0.221. The fraction of sp³-hybridized carbons (Fsp3) is 0. The molecule has 0 radical (unpaired) electrons. The molecule has 0 unspecified atom stereocenters. The second kappa shape index (κ2) is 12.3. The number of para-hydroxylation sites is 2. The zero-order valence-corrected chi connectivity index (χ0v) is 19.0. The minimum absolute atomic E-state index is 0.286. The van der Waals surface area contributed by atoms with E-state index in [4.69, 9.17) is 9.05 Å². The molecule has 0 spiro atoms. The summed E-state index contributed by atoms with van der Waals surface area (Å²) in [5.41, 5.74) is 0. The Morgan fingerprint density at radius 1 is 0.516 bits per heavy atom. The molecule has 4 aromatic carbocycles. The van der Waals surface area contributed by atoms with E-state index in [1.807, 2.05) is 12.1 Å². The molecule has 0 amide bonds. The first-order chi connectivity index (χ1) is 15.1. The summed E-state index contributed by atoms with van der Waals surface area (Å²) >= 11 is 0. The van der Waals surface area contributed by atoms with Crippen LogP contribution in [-0.2, 0) is 4.57 Å². The third-order valence-electron chi connectivity index (χ3n) is 3.65. The molecule has 0 heterocycles. The first-order valence-electron chi connectivity index (χ1n) is 9.37. The van der Waals surface area contributed by atoms with Crippen LogP contribution in [0.15, 0.2) is 131 Å². The van der Waals surface area contributed by atoms with E-state index in [0.29, 0.717) is 0 Å². The smallest absolute Gasteiger partial charge is 0.395 e. The molecule has 4 aromatic rings. The summed E-state index contributed by atoms with van der Waals surface area (Å²) in [4.78, 5) is 12.1. The second-order valence-electron chi connectivity index (χ2n) is 6.07. The van der Waals surface area contributed by atoms with Crippen LogP contribution in [0.2, 0.25) is 0 Å². The summed E-state index contributed by atoms with van der Waals surface area (Å²) in [6.07, 6.45) is 0. The Balaban J connectivity index is 0.000000179. The molecule has 0 saturated carbocycles. The molecule has 158 valence electrons. The number of rotatable bonds is 7. The minimum atomic E-state index is -4.14. The molecule has 0 aliphatic rings. The molecule has 0 bridgehead atoms. The lowest BCUT2D eigenvalue weighted by atomic mass is 10.3. The predicted molar refractivity (Wildman–Crippen MR) is 129 cm³/mol. The van der Waals surface area contributed by atoms with Gasteiger partial charge in [-0.1, -0.05) is 94.4 Å². The molecule has 0 fully saturated rings. The molecule has 4 rings (SSSR count). The Morgan fingerprint density at radius 2 is 0.806 bits per heavy atom. The van der Waals surface area contributed by atoms with Crippen molar-refractivity contribution in [3.8, 4) is 11.5 Å². The fourth-order valence-corrected chi connectivity index (χ4v) is 5.08. The molecule has 0 aliphatic heterocycles. The molecule has 0 aromatic heterocycles. The van der Waals surface area contributed by atoms with Gasteiger partial charge in [0.15, 0.2) is 0 Å². The van der Waals surface area contributed by atoms with Crippen molar-refractivity contribution in [2.75, 3.05) is 0 Å². The van der Waals surface area contributed by atoms with Crippen molar-refractivity contribution in [1.82, 2.24) is 0 Å². The van der Waals surface area contributed by atoms with Crippen molar-refractivity contribution in [3.05, 3.63) is 121 Å². The molecular formula is C24H21O4PS2. The van der Waals surface area contributed by atoms with Gasteiger partial charge in [0.1, 0.15) is 11.5 Å². The first kappa shape index (κ1) is 23.0. The van der Waals surface area contributed by atoms with Gasteiger partial charge in [0.2, 0.25) is 0 Å². The van der Waals surface area contributed by atoms with Gasteiger partial charge in [-0.25, -0.2) is 4.57 Å². The van der Waals surface area contributed by atoms with E-state index in [2.05, 4.69) is 48.5 Å². The molecule has 7 heteroatoms. The van der Waals surface area contributed by atoms with E-state index >= 15 is 0 Å². The largest absolute Gasteiger partial charge is 0.584 e. The summed E-state index contributed by atoms with van der Waals surface area (Å²) in [5.74, 6) is 0.573. The minimum Gasteiger partial charge on any atom is -0.395 e. The molecule has 0 atom stereocenters. The Labute approximate surface area is 190 Å². The van der Waals surface area contributed by atoms with Crippen LogP contribution in [0.25, 0.3) is 0 Å². The predicted octanol–water partition coefficient (Wildman–Crippen LogP) is 7.73. The van der Waals surface area contributed by atoms with Gasteiger partial charge in [-0.15, -0.1) is 0 Å². The molecule has 0 aliphatic carbocycles. The molecule has 31 heavy (non-hydrogen) atoms. The monoisotopic (exact) mass is 468 g/mol. The van der Waals surface area contributed by atoms with Crippen LogP contribution < -0.4 is 9.05 Å². The van der Waals surface area contributed by atoms with Crippen LogP contribution in [0.4, 0.5) is 0 Å². The maximum absolute atomic E-state index is 11.7. The second-order valence-corrected chi connectivity index (χ2v) is 9.65. The lowest BCUT2D eigenvalue weighted by Crippen LogP contribution is -1.99. The van der Waals surface area contributed by atoms with Crippen LogP contribution in [0.5, 0.6) is 11.5 Å². The van der Waals surface area contributed by atoms with Gasteiger partial charge in [0.05, 0.1) is 0 Å². The maximum Gasteiger partial charge on any atom is 0.584 e. The maximum atomic E-state index is 11.7. The van der Waals surface area contributed by atoms with E-state index in [9.17, 15) is 9.46 Å². The zero-order chi connectivity index (χ0) is 21.8. The van der Waals surface area contributed by atoms with Gasteiger partial charge >= 0.3 is 7.82 Å². The Bertz CT molecular complexity index is 981. The van der Waals surface area contributed by atoms with E-state index < -0.39 is 7.82 Å². The van der Waals surface area contributed by atoms with Crippen LogP contribution in [0, 0.1) is 0 Å². The van der Waals surface area contributed by atoms with E-state index in [1.54, 1.807) is 82.3 Å². The summed E-state index contributed by atoms with van der Waals surface area (Å²) in [6, 6.07) is 37.6. The fourth-order valence-electron chi connectivity index (χ4n) is 2.30. The molecule has 1 N–H and O–H groups in total. The Hall–Kier alpha value is -2.63. The van der Waals surface area contributed by atoms with Crippen molar-refractivity contribution in [3.63, 3.8) is 0 Å². The number of hydrogen-bond donors (Lipinski definition) is 1. The zero-order valence-electron chi connectivity index (χ0n) is 16.5. The van der Waals surface area contributed by atoms with Gasteiger partial charge in [0, 0.05) is 9.79 Å². The van der Waals surface area contributed by atoms with Gasteiger partial charge < -0.3 is 9.05 Å². The molecule has 0 saturated heterocycles. The van der Waals surface area contributed by atoms with E-state index in [1.165, 1.54) is 9.79 Å². The van der Waals surface area contributed by atoms with Crippen molar-refractivity contribution < 1.29 is 18.5 Å². The number of hydrogen-bond acceptors (Lipinski definition) is 5. The van der Waals surface area contributed by atoms with Crippen molar-refractivity contribution in [2.45, 2.75) is 9.79 Å². The third-order valence-corrected chi connectivity index (χ3v) is 6.95. The highest BCUT2D eigenvalue weighted by molar-refractivity contribution is 8.76. The van der Waals surface area contributed by atoms with Crippen molar-refractivity contribution in [1.29, 1.82) is 0 Å². The van der Waals surface area contributed by atoms with Crippen molar-refractivity contribution >= 4 is 29.4 Å². The summed E-state index contributed by atoms with van der Waals surface area (Å²) in [6.45, 7) is 0. The van der Waals surface area contributed by atoms with Crippen LogP contribution in [0.1, 0.15) is 0 Å². The van der Waals surface area contributed by atoms with E-state index in [-0.39, 0.29) is 11.5 Å². The number of phosphoric ester groups is 1. The summed E-state index contributed by atoms with van der Waals surface area (Å²) < 4.78 is 21.5. The summed E-state index contributed by atoms with van der Waals surface area (Å²) in [5, 5.41) is 0. The molecular weight excluding hydrogens is 447 g/mol. The first-order valence-corrected chi connectivity index (χ1v) is 13.0.